The van der Waals surface area contributed by atoms with Crippen LogP contribution in [0.1, 0.15) is 195 Å². The number of rotatable bonds is 8. The Balaban J connectivity index is 1.01. The summed E-state index contributed by atoms with van der Waals surface area (Å²) < 4.78 is 88.7. The number of aromatic nitrogens is 2. The Morgan fingerprint density at radius 1 is 0.263 bits per heavy atom. The maximum Gasteiger partial charge on any atom is 0.252 e. The molecule has 0 spiro atoms. The van der Waals surface area contributed by atoms with Gasteiger partial charge in [-0.3, -0.25) is 0 Å². The molecule has 0 bridgehead atoms. The highest BCUT2D eigenvalue weighted by molar-refractivity contribution is 7.00. The number of fused-ring (bicyclic) bond motifs is 13. The van der Waals surface area contributed by atoms with Gasteiger partial charge in [-0.1, -0.05) is 333 Å². The van der Waals surface area contributed by atoms with Crippen molar-refractivity contribution in [3.05, 3.63) is 318 Å². The van der Waals surface area contributed by atoms with E-state index in [0.717, 1.165) is 134 Å². The fourth-order valence-electron chi connectivity index (χ4n) is 18.3. The topological polar surface area (TPSA) is 29.5 Å². The first kappa shape index (κ1) is 67.2. The average molecular weight is 1550 g/mol. The predicted molar refractivity (Wildman–Crippen MR) is 509 cm³/mol. The van der Waals surface area contributed by atoms with E-state index in [4.69, 9.17) is 4.42 Å². The van der Waals surface area contributed by atoms with E-state index in [1.54, 1.807) is 4.57 Å². The summed E-state index contributed by atoms with van der Waals surface area (Å²) in [6.45, 7) is 47.6. The Morgan fingerprint density at radius 3 is 1.14 bits per heavy atom. The summed E-state index contributed by atoms with van der Waals surface area (Å²) in [5, 5.41) is 4.32. The van der Waals surface area contributed by atoms with Gasteiger partial charge in [-0.2, -0.15) is 0 Å². The van der Waals surface area contributed by atoms with E-state index >= 15 is 0 Å². The van der Waals surface area contributed by atoms with Gasteiger partial charge in [0.1, 0.15) is 0 Å². The van der Waals surface area contributed by atoms with Crippen LogP contribution in [0.2, 0.25) is 0 Å². The highest BCUT2D eigenvalue weighted by atomic mass is 16.3. The van der Waals surface area contributed by atoms with E-state index in [-0.39, 0.29) is 71.8 Å². The molecule has 6 heteroatoms. The minimum atomic E-state index is -0.543. The number of furan rings is 1. The zero-order valence-corrected chi connectivity index (χ0v) is 72.2. The lowest BCUT2D eigenvalue weighted by Crippen LogP contribution is -2.61. The second kappa shape index (κ2) is 26.8. The van der Waals surface area contributed by atoms with Crippen LogP contribution < -0.4 is 26.2 Å². The van der Waals surface area contributed by atoms with Crippen LogP contribution in [0.5, 0.6) is 0 Å². The first-order valence-corrected chi connectivity index (χ1v) is 42.0. The van der Waals surface area contributed by atoms with Gasteiger partial charge in [-0.05, 0) is 218 Å². The van der Waals surface area contributed by atoms with Gasteiger partial charge in [0.25, 0.3) is 6.71 Å². The molecule has 5 nitrogen and oxygen atoms in total. The van der Waals surface area contributed by atoms with Crippen LogP contribution in [-0.4, -0.2) is 15.8 Å². The Kier molecular flexibility index (Phi) is 15.3. The third kappa shape index (κ3) is 12.6. The molecule has 0 saturated heterocycles. The fraction of sp³-hybridized carbons (Fsp3) is 0.250. The van der Waals surface area contributed by atoms with Crippen molar-refractivity contribution in [2.45, 2.75) is 183 Å². The quantitative estimate of drug-likeness (QED) is 0.142. The molecule has 586 valence electrons. The highest BCUT2D eigenvalue weighted by Gasteiger charge is 2.46. The molecule has 19 rings (SSSR count). The van der Waals surface area contributed by atoms with Crippen molar-refractivity contribution in [1.82, 2.24) is 9.13 Å². The largest absolute Gasteiger partial charge is 0.452 e. The van der Waals surface area contributed by atoms with Crippen molar-refractivity contribution in [2.24, 2.45) is 0 Å². The van der Waals surface area contributed by atoms with Gasteiger partial charge >= 0.3 is 0 Å². The number of benzene rings is 14. The van der Waals surface area contributed by atoms with E-state index in [2.05, 4.69) is 384 Å². The lowest BCUT2D eigenvalue weighted by molar-refractivity contribution is 0.568. The Labute approximate surface area is 710 Å². The van der Waals surface area contributed by atoms with E-state index in [0.29, 0.717) is 11.3 Å². The van der Waals surface area contributed by atoms with Crippen molar-refractivity contribution >= 4 is 123 Å². The number of anilines is 6. The second-order valence-electron chi connectivity index (χ2n) is 40.5. The number of hydrogen-bond donors (Lipinski definition) is 0. The molecule has 0 aliphatic carbocycles. The van der Waals surface area contributed by atoms with Crippen LogP contribution in [0.3, 0.4) is 0 Å². The lowest BCUT2D eigenvalue weighted by Gasteiger charge is -2.45. The van der Waals surface area contributed by atoms with Crippen molar-refractivity contribution in [1.29, 1.82) is 0 Å². The van der Waals surface area contributed by atoms with Gasteiger partial charge in [0, 0.05) is 71.9 Å². The van der Waals surface area contributed by atoms with Crippen LogP contribution in [-0.2, 0) is 37.9 Å². The molecule has 14 aromatic carbocycles. The molecule has 3 aromatic heterocycles. The van der Waals surface area contributed by atoms with E-state index in [1.807, 2.05) is 6.07 Å². The predicted octanol–water partition coefficient (Wildman–Crippen LogP) is 29.6. The van der Waals surface area contributed by atoms with Gasteiger partial charge < -0.3 is 23.4 Å². The monoisotopic (exact) mass is 1540 g/mol. The summed E-state index contributed by atoms with van der Waals surface area (Å²) in [5.74, 6) is 0. The van der Waals surface area contributed by atoms with Crippen LogP contribution in [0, 0.1) is 0 Å². The van der Waals surface area contributed by atoms with Gasteiger partial charge in [0.15, 0.2) is 11.2 Å². The molecular formula is C112H109BN4O. The molecule has 2 aliphatic heterocycles. The Morgan fingerprint density at radius 2 is 0.661 bits per heavy atom. The summed E-state index contributed by atoms with van der Waals surface area (Å²) in [5.41, 5.74) is 28.2. The van der Waals surface area contributed by atoms with Gasteiger partial charge in [-0.25, -0.2) is 0 Å². The molecule has 0 saturated carbocycles. The molecule has 0 unspecified atom stereocenters. The Bertz CT molecular complexity index is 7210. The molecular weight excluding hydrogens is 1430 g/mol. The minimum absolute atomic E-state index is 0.00592. The van der Waals surface area contributed by atoms with Crippen molar-refractivity contribution in [3.8, 4) is 55.9 Å². The minimum Gasteiger partial charge on any atom is -0.452 e. The van der Waals surface area contributed by atoms with Crippen LogP contribution in [0.15, 0.2) is 283 Å². The average Bonchev–Trinajstić information content (AvgIpc) is 0.912. The standard InChI is InChI=1S/C112H109BN4O/c1-106(2,3)74-47-52-94-88(63-74)89-64-75(107(4,5)6)48-53-95(89)115(94)96-44-32-40-84-85-41-33-45-97(105(85)118-104(84)96)116-98-58-70(71-54-76(108(7,8)9)61-77(55-71)109(10,11)12)46-50-90(98)113-91-51-49-81(114-92-42-30-28-38-82(92)83-39-29-31-43-93(83)114)67-99(91)117(101-60-73(59-100(116)102(101)113)72-56-78(110(13,14)15)62-79(57-72)111(16,17)18)103-86(68-34-24-22-25-35-68)65-80(112(19,20)21)66-87(103)69-36-26-23-27-37-69/h22-67H,1-21H3/i28D,29D,30D,31D,38D,39D,42D,43D. The number of nitrogens with zero attached hydrogens (tertiary/aromatic N) is 4. The Hall–Kier alpha value is -11.9. The smallest absolute Gasteiger partial charge is 0.252 e. The molecule has 0 amide bonds. The summed E-state index contributed by atoms with van der Waals surface area (Å²) in [4.78, 5) is 5.00. The normalized spacial score (nSPS) is 14.5. The maximum atomic E-state index is 9.99. The maximum absolute atomic E-state index is 9.99. The molecule has 118 heavy (non-hydrogen) atoms. The lowest BCUT2D eigenvalue weighted by atomic mass is 9.33. The molecule has 0 atom stereocenters. The SMILES string of the molecule is [2H]c1c([2H])c([2H])c2c(c1[2H])c1c([2H])c([2H])c([2H])c([2H])c1n2-c1ccc2c(c1)N(c1c(-c3ccccc3)cc(C(C)(C)C)cc1-c1ccccc1)c1cc(-c3cc(C(C)(C)C)cc(C(C)(C)C)c3)cc3c1B2c1ccc(-c2cc(C(C)(C)C)cc(C(C)(C)C)c2)cc1N3c1cccc2c1oc1c(-n3c4ccc(C(C)(C)C)cc4c4cc(C(C)(C)C)ccc43)cccc12. The number of hydrogen-bond acceptors (Lipinski definition) is 3. The van der Waals surface area contributed by atoms with Crippen LogP contribution >= 0.6 is 0 Å². The van der Waals surface area contributed by atoms with Crippen molar-refractivity contribution in [2.75, 3.05) is 9.80 Å². The van der Waals surface area contributed by atoms with Gasteiger partial charge in [-0.15, -0.1) is 0 Å². The third-order valence-electron chi connectivity index (χ3n) is 25.2. The molecule has 0 fully saturated rings. The number of para-hydroxylation sites is 4. The van der Waals surface area contributed by atoms with Crippen LogP contribution in [0.4, 0.5) is 34.1 Å². The van der Waals surface area contributed by atoms with E-state index in [9.17, 15) is 11.0 Å². The summed E-state index contributed by atoms with van der Waals surface area (Å²) in [7, 11) is 0. The van der Waals surface area contributed by atoms with Gasteiger partial charge in [0.2, 0.25) is 0 Å². The first-order chi connectivity index (χ1) is 59.3. The first-order valence-electron chi connectivity index (χ1n) is 46.0. The zero-order valence-electron chi connectivity index (χ0n) is 80.2. The molecule has 0 radical (unpaired) electrons. The van der Waals surface area contributed by atoms with E-state index in [1.165, 1.54) is 44.2 Å². The van der Waals surface area contributed by atoms with E-state index < -0.39 is 43.0 Å². The molecule has 17 aromatic rings. The fourth-order valence-corrected chi connectivity index (χ4v) is 18.3. The van der Waals surface area contributed by atoms with Crippen LogP contribution in [0.25, 0.3) is 121 Å². The summed E-state index contributed by atoms with van der Waals surface area (Å²) in [6, 6.07) is 82.5. The summed E-state index contributed by atoms with van der Waals surface area (Å²) in [6.07, 6.45) is 0. The second-order valence-corrected chi connectivity index (χ2v) is 40.5. The molecule has 2 aliphatic rings. The molecule has 5 heterocycles. The van der Waals surface area contributed by atoms with Crippen molar-refractivity contribution in [3.63, 3.8) is 0 Å². The van der Waals surface area contributed by atoms with Gasteiger partial charge in [0.05, 0.1) is 50.1 Å². The third-order valence-corrected chi connectivity index (χ3v) is 25.2. The highest BCUT2D eigenvalue weighted by Crippen LogP contribution is 2.55. The summed E-state index contributed by atoms with van der Waals surface area (Å²) >= 11 is 0. The zero-order chi connectivity index (χ0) is 89.5. The molecule has 0 N–H and O–H groups in total. The van der Waals surface area contributed by atoms with Crippen molar-refractivity contribution < 1.29 is 15.4 Å².